The number of carbonyl (C=O) groups is 1. The summed E-state index contributed by atoms with van der Waals surface area (Å²) in [5.74, 6) is -1.05. The van der Waals surface area contributed by atoms with Gasteiger partial charge in [-0.15, -0.1) is 0 Å². The number of hydrogen-bond acceptors (Lipinski definition) is 3. The molecule has 12 heavy (non-hydrogen) atoms. The summed E-state index contributed by atoms with van der Waals surface area (Å²) < 4.78 is 5.25. The highest BCUT2D eigenvalue weighted by Gasteiger charge is 2.30. The lowest BCUT2D eigenvalue weighted by molar-refractivity contribution is -0.147. The fraction of sp³-hybridized carbons (Fsp3) is 0.875. The van der Waals surface area contributed by atoms with Gasteiger partial charge in [0.15, 0.2) is 0 Å². The third kappa shape index (κ3) is 4.31. The molecule has 0 spiro atoms. The number of nitrogens with two attached hydrogens (primary N) is 1. The second-order valence-corrected chi connectivity index (χ2v) is 4.12. The van der Waals surface area contributed by atoms with Gasteiger partial charge in [-0.25, -0.2) is 0 Å². The van der Waals surface area contributed by atoms with Gasteiger partial charge in [0.05, 0.1) is 12.2 Å². The molecule has 1 atom stereocenters. The first-order valence-electron chi connectivity index (χ1n) is 3.81. The Morgan fingerprint density at radius 3 is 2.08 bits per heavy atom. The van der Waals surface area contributed by atoms with Crippen molar-refractivity contribution in [3.63, 3.8) is 0 Å². The lowest BCUT2D eigenvalue weighted by Gasteiger charge is -2.26. The maximum atomic E-state index is 10.5. The first-order chi connectivity index (χ1) is 5.15. The van der Waals surface area contributed by atoms with E-state index in [0.717, 1.165) is 0 Å². The summed E-state index contributed by atoms with van der Waals surface area (Å²) in [5.41, 5.74) is 3.79. The van der Waals surface area contributed by atoms with Crippen molar-refractivity contribution in [2.45, 2.75) is 38.8 Å². The molecule has 0 radical (unpaired) electrons. The summed E-state index contributed by atoms with van der Waals surface area (Å²) in [6.45, 7) is 7.01. The average molecular weight is 175 g/mol. The standard InChI is InChI=1S/C8H17NO3/c1-7(2,3)12-5-8(4,9)6(10)11/h5,9H2,1-4H3,(H,10,11)/t8-/m0/s1. The van der Waals surface area contributed by atoms with Crippen molar-refractivity contribution in [1.29, 1.82) is 0 Å². The Morgan fingerprint density at radius 2 is 1.83 bits per heavy atom. The summed E-state index contributed by atoms with van der Waals surface area (Å²) >= 11 is 0. The van der Waals surface area contributed by atoms with Crippen LogP contribution in [0.2, 0.25) is 0 Å². The van der Waals surface area contributed by atoms with Crippen LogP contribution in [0, 0.1) is 0 Å². The van der Waals surface area contributed by atoms with Crippen LogP contribution in [0.3, 0.4) is 0 Å². The van der Waals surface area contributed by atoms with Crippen LogP contribution in [0.1, 0.15) is 27.7 Å². The SMILES string of the molecule is CC(C)(C)OC[C@](C)(N)C(=O)O. The van der Waals surface area contributed by atoms with E-state index in [9.17, 15) is 4.79 Å². The molecule has 0 bridgehead atoms. The van der Waals surface area contributed by atoms with Crippen LogP contribution < -0.4 is 5.73 Å². The third-order valence-electron chi connectivity index (χ3n) is 1.29. The summed E-state index contributed by atoms with van der Waals surface area (Å²) in [7, 11) is 0. The lowest BCUT2D eigenvalue weighted by Crippen LogP contribution is -2.50. The number of ether oxygens (including phenoxy) is 1. The van der Waals surface area contributed by atoms with Gasteiger partial charge in [-0.3, -0.25) is 4.79 Å². The fourth-order valence-corrected chi connectivity index (χ4v) is 0.428. The molecule has 0 aromatic rings. The second-order valence-electron chi connectivity index (χ2n) is 4.12. The molecule has 0 unspecified atom stereocenters. The third-order valence-corrected chi connectivity index (χ3v) is 1.29. The molecule has 0 fully saturated rings. The normalized spacial score (nSPS) is 17.1. The number of carboxylic acid groups (broad SMARTS) is 1. The number of hydrogen-bond donors (Lipinski definition) is 2. The highest BCUT2D eigenvalue weighted by Crippen LogP contribution is 2.10. The topological polar surface area (TPSA) is 72.5 Å². The fourth-order valence-electron chi connectivity index (χ4n) is 0.428. The quantitative estimate of drug-likeness (QED) is 0.659. The van der Waals surface area contributed by atoms with Crippen molar-refractivity contribution in [3.8, 4) is 0 Å². The summed E-state index contributed by atoms with van der Waals surface area (Å²) in [5, 5.41) is 8.63. The minimum absolute atomic E-state index is 0.0197. The highest BCUT2D eigenvalue weighted by atomic mass is 16.5. The highest BCUT2D eigenvalue weighted by molar-refractivity contribution is 5.78. The van der Waals surface area contributed by atoms with Crippen LogP contribution in [-0.2, 0) is 9.53 Å². The Labute approximate surface area is 72.7 Å². The molecule has 4 heteroatoms. The monoisotopic (exact) mass is 175 g/mol. The van der Waals surface area contributed by atoms with E-state index in [1.807, 2.05) is 20.8 Å². The molecule has 0 amide bonds. The first-order valence-corrected chi connectivity index (χ1v) is 3.81. The summed E-state index contributed by atoms with van der Waals surface area (Å²) in [6.07, 6.45) is 0. The van der Waals surface area contributed by atoms with Gasteiger partial charge < -0.3 is 15.6 Å². The van der Waals surface area contributed by atoms with Gasteiger partial charge in [0.25, 0.3) is 0 Å². The molecule has 0 aliphatic heterocycles. The van der Waals surface area contributed by atoms with Crippen molar-refractivity contribution in [1.82, 2.24) is 0 Å². The number of aliphatic carboxylic acids is 1. The Balaban J connectivity index is 4.01. The Bertz CT molecular complexity index is 170. The van der Waals surface area contributed by atoms with Gasteiger partial charge in [-0.1, -0.05) is 0 Å². The second kappa shape index (κ2) is 3.41. The molecule has 72 valence electrons. The summed E-state index contributed by atoms with van der Waals surface area (Å²) in [6, 6.07) is 0. The van der Waals surface area contributed by atoms with Crippen molar-refractivity contribution in [2.75, 3.05) is 6.61 Å². The Morgan fingerprint density at radius 1 is 1.42 bits per heavy atom. The van der Waals surface area contributed by atoms with E-state index in [-0.39, 0.29) is 12.2 Å². The molecule has 0 aliphatic carbocycles. The van der Waals surface area contributed by atoms with E-state index in [0.29, 0.717) is 0 Å². The van der Waals surface area contributed by atoms with Crippen LogP contribution >= 0.6 is 0 Å². The van der Waals surface area contributed by atoms with Gasteiger partial charge in [0.2, 0.25) is 0 Å². The molecular formula is C8H17NO3. The maximum Gasteiger partial charge on any atom is 0.325 e. The van der Waals surface area contributed by atoms with Crippen LogP contribution in [0.5, 0.6) is 0 Å². The smallest absolute Gasteiger partial charge is 0.325 e. The maximum absolute atomic E-state index is 10.5. The van der Waals surface area contributed by atoms with Crippen LogP contribution in [0.15, 0.2) is 0 Å². The van der Waals surface area contributed by atoms with Gasteiger partial charge in [-0.05, 0) is 27.7 Å². The van der Waals surface area contributed by atoms with E-state index in [1.165, 1.54) is 6.92 Å². The predicted octanol–water partition coefficient (Wildman–Crippen LogP) is 0.603. The average Bonchev–Trinajstić information content (AvgIpc) is 1.82. The zero-order valence-electron chi connectivity index (χ0n) is 8.05. The van der Waals surface area contributed by atoms with Crippen molar-refractivity contribution >= 4 is 5.97 Å². The van der Waals surface area contributed by atoms with Crippen LogP contribution in [0.4, 0.5) is 0 Å². The Hall–Kier alpha value is -0.610. The molecule has 0 aromatic carbocycles. The van der Waals surface area contributed by atoms with Gasteiger partial charge >= 0.3 is 5.97 Å². The zero-order valence-corrected chi connectivity index (χ0v) is 8.05. The van der Waals surface area contributed by atoms with Gasteiger partial charge in [0, 0.05) is 0 Å². The Kier molecular flexibility index (Phi) is 3.24. The molecule has 0 aliphatic rings. The van der Waals surface area contributed by atoms with Crippen LogP contribution in [0.25, 0.3) is 0 Å². The molecular weight excluding hydrogens is 158 g/mol. The van der Waals surface area contributed by atoms with Crippen molar-refractivity contribution < 1.29 is 14.6 Å². The molecule has 0 aromatic heterocycles. The zero-order chi connectivity index (χ0) is 9.99. The molecule has 4 nitrogen and oxygen atoms in total. The van der Waals surface area contributed by atoms with E-state index in [4.69, 9.17) is 15.6 Å². The van der Waals surface area contributed by atoms with E-state index >= 15 is 0 Å². The van der Waals surface area contributed by atoms with E-state index in [1.54, 1.807) is 0 Å². The molecule has 0 heterocycles. The van der Waals surface area contributed by atoms with E-state index in [2.05, 4.69) is 0 Å². The summed E-state index contributed by atoms with van der Waals surface area (Å²) in [4.78, 5) is 10.5. The largest absolute Gasteiger partial charge is 0.480 e. The molecule has 0 saturated carbocycles. The lowest BCUT2D eigenvalue weighted by atomic mass is 10.1. The minimum atomic E-state index is -1.30. The first kappa shape index (κ1) is 11.4. The number of rotatable bonds is 3. The van der Waals surface area contributed by atoms with E-state index < -0.39 is 11.5 Å². The molecule has 0 rings (SSSR count). The minimum Gasteiger partial charge on any atom is -0.480 e. The van der Waals surface area contributed by atoms with Crippen LogP contribution in [-0.4, -0.2) is 28.8 Å². The van der Waals surface area contributed by atoms with Gasteiger partial charge in [0.1, 0.15) is 5.54 Å². The van der Waals surface area contributed by atoms with Crippen molar-refractivity contribution in [2.24, 2.45) is 5.73 Å². The predicted molar refractivity (Wildman–Crippen MR) is 45.9 cm³/mol. The van der Waals surface area contributed by atoms with Crippen molar-refractivity contribution in [3.05, 3.63) is 0 Å². The molecule has 0 saturated heterocycles. The number of carboxylic acids is 1. The molecule has 3 N–H and O–H groups in total. The van der Waals surface area contributed by atoms with Gasteiger partial charge in [-0.2, -0.15) is 0 Å².